The Labute approximate surface area is 138 Å². The fourth-order valence-electron chi connectivity index (χ4n) is 2.48. The van der Waals surface area contributed by atoms with Crippen molar-refractivity contribution in [2.45, 2.75) is 38.6 Å². The third-order valence-corrected chi connectivity index (χ3v) is 4.33. The van der Waals surface area contributed by atoms with Gasteiger partial charge in [0.15, 0.2) is 0 Å². The topological polar surface area (TPSA) is 49.3 Å². The summed E-state index contributed by atoms with van der Waals surface area (Å²) in [4.78, 5) is 12.5. The van der Waals surface area contributed by atoms with Crippen LogP contribution < -0.4 is 5.32 Å². The second kappa shape index (κ2) is 7.42. The van der Waals surface area contributed by atoms with E-state index in [4.69, 9.17) is 0 Å². The zero-order valence-corrected chi connectivity index (χ0v) is 14.0. The molecule has 0 aliphatic carbocycles. The lowest BCUT2D eigenvalue weighted by Gasteiger charge is -2.27. The summed E-state index contributed by atoms with van der Waals surface area (Å²) in [6, 6.07) is 18.1. The second-order valence-corrected chi connectivity index (χ2v) is 6.33. The summed E-state index contributed by atoms with van der Waals surface area (Å²) < 4.78 is 0. The van der Waals surface area contributed by atoms with Gasteiger partial charge in [0.05, 0.1) is 18.1 Å². The second-order valence-electron chi connectivity index (χ2n) is 6.33. The van der Waals surface area contributed by atoms with Crippen LogP contribution in [-0.2, 0) is 10.2 Å². The number of hydrogen-bond acceptors (Lipinski definition) is 2. The molecule has 0 saturated heterocycles. The number of hydrogen-bond donors (Lipinski definition) is 2. The minimum Gasteiger partial charge on any atom is -0.394 e. The van der Waals surface area contributed by atoms with Crippen molar-refractivity contribution in [2.75, 3.05) is 6.61 Å². The summed E-state index contributed by atoms with van der Waals surface area (Å²) in [6.07, 6.45) is 0.714. The average molecular weight is 311 g/mol. The van der Waals surface area contributed by atoms with Crippen molar-refractivity contribution in [2.24, 2.45) is 0 Å². The molecular formula is C20H25NO2. The van der Waals surface area contributed by atoms with E-state index in [0.717, 1.165) is 16.7 Å². The number of aliphatic hydroxyl groups is 1. The predicted molar refractivity (Wildman–Crippen MR) is 94.2 cm³/mol. The Kier molecular flexibility index (Phi) is 5.56. The third-order valence-electron chi connectivity index (χ3n) is 4.33. The van der Waals surface area contributed by atoms with E-state index in [1.165, 1.54) is 0 Å². The maximum absolute atomic E-state index is 12.5. The summed E-state index contributed by atoms with van der Waals surface area (Å²) in [5.41, 5.74) is 2.61. The van der Waals surface area contributed by atoms with E-state index < -0.39 is 5.41 Å². The Morgan fingerprint density at radius 1 is 1.04 bits per heavy atom. The highest BCUT2D eigenvalue weighted by Crippen LogP contribution is 2.27. The van der Waals surface area contributed by atoms with Gasteiger partial charge in [0.25, 0.3) is 0 Å². The first-order valence-corrected chi connectivity index (χ1v) is 8.06. The summed E-state index contributed by atoms with van der Waals surface area (Å²) in [5, 5.41) is 12.2. The highest BCUT2D eigenvalue weighted by Gasteiger charge is 2.30. The number of nitrogens with one attached hydrogen (secondary N) is 1. The molecule has 2 N–H and O–H groups in total. The van der Waals surface area contributed by atoms with Crippen LogP contribution in [0.1, 0.15) is 32.8 Å². The van der Waals surface area contributed by atoms with Gasteiger partial charge in [0.1, 0.15) is 0 Å². The monoisotopic (exact) mass is 311 g/mol. The fourth-order valence-corrected chi connectivity index (χ4v) is 2.48. The van der Waals surface area contributed by atoms with E-state index in [9.17, 15) is 9.90 Å². The number of aliphatic hydroxyl groups excluding tert-OH is 1. The van der Waals surface area contributed by atoms with Gasteiger partial charge in [0.2, 0.25) is 5.91 Å². The zero-order chi connectivity index (χ0) is 16.9. The number of benzene rings is 2. The lowest BCUT2D eigenvalue weighted by molar-refractivity contribution is -0.126. The molecule has 1 amide bonds. The Bertz CT molecular complexity index is 628. The molecule has 0 heterocycles. The Balaban J connectivity index is 2.18. The van der Waals surface area contributed by atoms with E-state index in [1.807, 2.05) is 63.2 Å². The molecule has 2 rings (SSSR count). The molecule has 0 unspecified atom stereocenters. The maximum Gasteiger partial charge on any atom is 0.230 e. The fraction of sp³-hybridized carbons (Fsp3) is 0.350. The zero-order valence-electron chi connectivity index (χ0n) is 14.0. The molecule has 1 atom stereocenters. The molecule has 2 aromatic carbocycles. The summed E-state index contributed by atoms with van der Waals surface area (Å²) in [7, 11) is 0. The molecule has 2 aromatic rings. The first-order chi connectivity index (χ1) is 11.0. The molecule has 3 nitrogen and oxygen atoms in total. The van der Waals surface area contributed by atoms with Gasteiger partial charge in [-0.05, 0) is 37.0 Å². The quantitative estimate of drug-likeness (QED) is 0.857. The predicted octanol–water partition coefficient (Wildman–Crippen LogP) is 3.52. The molecule has 0 aliphatic heterocycles. The largest absolute Gasteiger partial charge is 0.394 e. The SMILES string of the molecule is CC[C@H](CO)NC(=O)C(C)(C)c1ccc(-c2ccccc2)cc1. The average Bonchev–Trinajstić information content (AvgIpc) is 2.60. The van der Waals surface area contributed by atoms with E-state index in [2.05, 4.69) is 17.4 Å². The Morgan fingerprint density at radius 3 is 2.13 bits per heavy atom. The van der Waals surface area contributed by atoms with Crippen LogP contribution in [0.3, 0.4) is 0 Å². The molecule has 0 bridgehead atoms. The first kappa shape index (κ1) is 17.2. The van der Waals surface area contributed by atoms with Crippen LogP contribution in [0.15, 0.2) is 54.6 Å². The Morgan fingerprint density at radius 2 is 1.61 bits per heavy atom. The van der Waals surface area contributed by atoms with Crippen molar-refractivity contribution in [3.8, 4) is 11.1 Å². The van der Waals surface area contributed by atoms with Crippen LogP contribution in [0.5, 0.6) is 0 Å². The molecule has 0 radical (unpaired) electrons. The lowest BCUT2D eigenvalue weighted by Crippen LogP contribution is -2.46. The van der Waals surface area contributed by atoms with Crippen LogP contribution in [0.2, 0.25) is 0 Å². The number of carbonyl (C=O) groups is 1. The molecule has 0 fully saturated rings. The van der Waals surface area contributed by atoms with Crippen molar-refractivity contribution < 1.29 is 9.90 Å². The van der Waals surface area contributed by atoms with Crippen molar-refractivity contribution in [3.05, 3.63) is 60.2 Å². The van der Waals surface area contributed by atoms with Crippen molar-refractivity contribution in [1.29, 1.82) is 0 Å². The summed E-state index contributed by atoms with van der Waals surface area (Å²) >= 11 is 0. The van der Waals surface area contributed by atoms with Crippen molar-refractivity contribution in [3.63, 3.8) is 0 Å². The molecular weight excluding hydrogens is 286 g/mol. The normalized spacial score (nSPS) is 12.7. The minimum absolute atomic E-state index is 0.0364. The lowest BCUT2D eigenvalue weighted by atomic mass is 9.82. The van der Waals surface area contributed by atoms with Crippen LogP contribution in [-0.4, -0.2) is 23.7 Å². The van der Waals surface area contributed by atoms with Crippen LogP contribution in [0.4, 0.5) is 0 Å². The smallest absolute Gasteiger partial charge is 0.230 e. The molecule has 0 spiro atoms. The van der Waals surface area contributed by atoms with E-state index in [0.29, 0.717) is 6.42 Å². The first-order valence-electron chi connectivity index (χ1n) is 8.06. The van der Waals surface area contributed by atoms with Gasteiger partial charge in [-0.15, -0.1) is 0 Å². The van der Waals surface area contributed by atoms with Crippen molar-refractivity contribution in [1.82, 2.24) is 5.32 Å². The molecule has 3 heteroatoms. The molecule has 23 heavy (non-hydrogen) atoms. The standard InChI is InChI=1S/C20H25NO2/c1-4-18(14-22)21-19(23)20(2,3)17-12-10-16(11-13-17)15-8-6-5-7-9-15/h5-13,18,22H,4,14H2,1-3H3,(H,21,23)/t18-/m1/s1. The summed E-state index contributed by atoms with van der Waals surface area (Å²) in [6.45, 7) is 5.72. The number of amides is 1. The molecule has 0 aliphatic rings. The Hall–Kier alpha value is -2.13. The number of carbonyl (C=O) groups excluding carboxylic acids is 1. The number of rotatable bonds is 6. The van der Waals surface area contributed by atoms with Gasteiger partial charge in [0, 0.05) is 0 Å². The maximum atomic E-state index is 12.5. The van der Waals surface area contributed by atoms with Gasteiger partial charge >= 0.3 is 0 Å². The van der Waals surface area contributed by atoms with Gasteiger partial charge in [-0.1, -0.05) is 61.5 Å². The van der Waals surface area contributed by atoms with Crippen molar-refractivity contribution >= 4 is 5.91 Å². The molecule has 0 aromatic heterocycles. The van der Waals surface area contributed by atoms with E-state index >= 15 is 0 Å². The third kappa shape index (κ3) is 3.99. The highest BCUT2D eigenvalue weighted by molar-refractivity contribution is 5.87. The van der Waals surface area contributed by atoms with Crippen LogP contribution in [0, 0.1) is 0 Å². The summed E-state index contributed by atoms with van der Waals surface area (Å²) in [5.74, 6) is -0.0640. The van der Waals surface area contributed by atoms with Crippen LogP contribution in [0.25, 0.3) is 11.1 Å². The van der Waals surface area contributed by atoms with Gasteiger partial charge < -0.3 is 10.4 Å². The van der Waals surface area contributed by atoms with Gasteiger partial charge in [-0.3, -0.25) is 4.79 Å². The van der Waals surface area contributed by atoms with Gasteiger partial charge in [-0.2, -0.15) is 0 Å². The molecule has 0 saturated carbocycles. The van der Waals surface area contributed by atoms with E-state index in [-0.39, 0.29) is 18.6 Å². The van der Waals surface area contributed by atoms with Gasteiger partial charge in [-0.25, -0.2) is 0 Å². The highest BCUT2D eigenvalue weighted by atomic mass is 16.3. The van der Waals surface area contributed by atoms with Crippen LogP contribution >= 0.6 is 0 Å². The minimum atomic E-state index is -0.641. The molecule has 122 valence electrons. The van der Waals surface area contributed by atoms with E-state index in [1.54, 1.807) is 0 Å².